The van der Waals surface area contributed by atoms with Gasteiger partial charge in [0.2, 0.25) is 0 Å². The highest BCUT2D eigenvalue weighted by atomic mass is 79.9. The Labute approximate surface area is 121 Å². The van der Waals surface area contributed by atoms with Crippen molar-refractivity contribution < 1.29 is 9.47 Å². The Morgan fingerprint density at radius 3 is 2.11 bits per heavy atom. The van der Waals surface area contributed by atoms with Crippen LogP contribution < -0.4 is 0 Å². The molecule has 2 nitrogen and oxygen atoms in total. The smallest absolute Gasteiger partial charge is 0.146 e. The number of rotatable bonds is 12. The second kappa shape index (κ2) is 17.0. The van der Waals surface area contributed by atoms with Crippen molar-refractivity contribution in [1.82, 2.24) is 0 Å². The first-order valence-corrected chi connectivity index (χ1v) is 8.12. The van der Waals surface area contributed by atoms with E-state index in [1.54, 1.807) is 7.11 Å². The lowest BCUT2D eigenvalue weighted by Crippen LogP contribution is -1.98. The Hall–Kier alpha value is -0.0400. The summed E-state index contributed by atoms with van der Waals surface area (Å²) in [7, 11) is 1.65. The minimum absolute atomic E-state index is 0.421. The summed E-state index contributed by atoms with van der Waals surface area (Å²) >= 11 is 3.42. The Kier molecular flexibility index (Phi) is 16.9. The quantitative estimate of drug-likeness (QED) is 0.228. The molecule has 0 saturated carbocycles. The summed E-state index contributed by atoms with van der Waals surface area (Å²) in [5.74, 6) is 6.50. The summed E-state index contributed by atoms with van der Waals surface area (Å²) in [5, 5.41) is 1.10. The maximum absolute atomic E-state index is 5.23. The monoisotopic (exact) mass is 318 g/mol. The van der Waals surface area contributed by atoms with E-state index in [-0.39, 0.29) is 0 Å². The van der Waals surface area contributed by atoms with Gasteiger partial charge in [-0.1, -0.05) is 35.2 Å². The summed E-state index contributed by atoms with van der Waals surface area (Å²) in [6.45, 7) is 1.24. The fourth-order valence-corrected chi connectivity index (χ4v) is 1.97. The van der Waals surface area contributed by atoms with Crippen molar-refractivity contribution in [3.05, 3.63) is 0 Å². The first-order chi connectivity index (χ1) is 8.91. The van der Waals surface area contributed by atoms with E-state index in [1.165, 1.54) is 38.5 Å². The maximum Gasteiger partial charge on any atom is 0.146 e. The van der Waals surface area contributed by atoms with Gasteiger partial charge in [-0.2, -0.15) is 0 Å². The number of hydrogen-bond acceptors (Lipinski definition) is 2. The molecule has 0 aromatic rings. The number of alkyl halides is 1. The molecule has 106 valence electrons. The zero-order valence-corrected chi connectivity index (χ0v) is 13.3. The van der Waals surface area contributed by atoms with Crippen LogP contribution in [0, 0.1) is 11.8 Å². The molecule has 0 aliphatic rings. The van der Waals surface area contributed by atoms with Crippen LogP contribution in [-0.2, 0) is 9.47 Å². The molecule has 3 heteroatoms. The van der Waals surface area contributed by atoms with Crippen LogP contribution in [0.4, 0.5) is 0 Å². The summed E-state index contributed by atoms with van der Waals surface area (Å²) in [6.07, 6.45) is 10.8. The molecule has 0 heterocycles. The van der Waals surface area contributed by atoms with Gasteiger partial charge in [0, 0.05) is 31.9 Å². The lowest BCUT2D eigenvalue weighted by atomic mass is 10.1. The highest BCUT2D eigenvalue weighted by Gasteiger charge is 1.90. The molecule has 0 aromatic carbocycles. The number of halogens is 1. The third-order valence-electron chi connectivity index (χ3n) is 2.60. The zero-order chi connectivity index (χ0) is 13.3. The van der Waals surface area contributed by atoms with Crippen LogP contribution in [0.5, 0.6) is 0 Å². The molecule has 0 N–H and O–H groups in total. The molecule has 0 fully saturated rings. The van der Waals surface area contributed by atoms with Gasteiger partial charge >= 0.3 is 0 Å². The van der Waals surface area contributed by atoms with Gasteiger partial charge in [0.05, 0.1) is 0 Å². The van der Waals surface area contributed by atoms with Crippen molar-refractivity contribution in [2.45, 2.75) is 57.8 Å². The van der Waals surface area contributed by atoms with E-state index < -0.39 is 0 Å². The van der Waals surface area contributed by atoms with Crippen LogP contribution in [0.2, 0.25) is 0 Å². The molecule has 0 rings (SSSR count). The molecular formula is C15H27BrO2. The molecule has 0 bridgehead atoms. The predicted octanol–water partition coefficient (Wildman–Crippen LogP) is 4.52. The first kappa shape index (κ1) is 18.0. The number of methoxy groups -OCH3 is 1. The van der Waals surface area contributed by atoms with Gasteiger partial charge in [0.1, 0.15) is 6.79 Å². The van der Waals surface area contributed by atoms with E-state index >= 15 is 0 Å². The second-order valence-corrected chi connectivity index (χ2v) is 5.13. The van der Waals surface area contributed by atoms with Gasteiger partial charge in [-0.25, -0.2) is 0 Å². The molecule has 0 saturated heterocycles. The lowest BCUT2D eigenvalue weighted by Gasteiger charge is -2.02. The van der Waals surface area contributed by atoms with E-state index in [9.17, 15) is 0 Å². The van der Waals surface area contributed by atoms with Crippen molar-refractivity contribution in [3.63, 3.8) is 0 Å². The van der Waals surface area contributed by atoms with E-state index in [0.29, 0.717) is 6.79 Å². The van der Waals surface area contributed by atoms with Crippen molar-refractivity contribution in [2.24, 2.45) is 0 Å². The molecule has 0 aliphatic carbocycles. The summed E-state index contributed by atoms with van der Waals surface area (Å²) in [6, 6.07) is 0. The van der Waals surface area contributed by atoms with Gasteiger partial charge in [0.15, 0.2) is 0 Å². The SMILES string of the molecule is COCOCCCCCCCC#CCCCCBr. The van der Waals surface area contributed by atoms with Gasteiger partial charge in [0.25, 0.3) is 0 Å². The summed E-state index contributed by atoms with van der Waals surface area (Å²) in [5.41, 5.74) is 0. The topological polar surface area (TPSA) is 18.5 Å². The lowest BCUT2D eigenvalue weighted by molar-refractivity contribution is -0.0315. The van der Waals surface area contributed by atoms with Gasteiger partial charge in [-0.05, 0) is 25.7 Å². The third-order valence-corrected chi connectivity index (χ3v) is 3.16. The predicted molar refractivity (Wildman–Crippen MR) is 81.0 cm³/mol. The van der Waals surface area contributed by atoms with Crippen LogP contribution in [0.1, 0.15) is 57.8 Å². The van der Waals surface area contributed by atoms with Crippen molar-refractivity contribution >= 4 is 15.9 Å². The second-order valence-electron chi connectivity index (χ2n) is 4.33. The zero-order valence-electron chi connectivity index (χ0n) is 11.7. The molecule has 0 unspecified atom stereocenters. The van der Waals surface area contributed by atoms with Crippen molar-refractivity contribution in [1.29, 1.82) is 0 Å². The van der Waals surface area contributed by atoms with Crippen molar-refractivity contribution in [2.75, 3.05) is 25.8 Å². The standard InChI is InChI=1S/C15H27BrO2/c1-17-15-18-14-12-10-8-6-4-2-3-5-7-9-11-13-16/h2,4,6-15H2,1H3. The molecule has 0 aromatic heterocycles. The minimum Gasteiger partial charge on any atom is -0.359 e. The van der Waals surface area contributed by atoms with E-state index in [0.717, 1.165) is 31.2 Å². The van der Waals surface area contributed by atoms with Gasteiger partial charge in [-0.3, -0.25) is 0 Å². The average Bonchev–Trinajstić information content (AvgIpc) is 2.39. The minimum atomic E-state index is 0.421. The van der Waals surface area contributed by atoms with Crippen LogP contribution in [-0.4, -0.2) is 25.8 Å². The Balaban J connectivity index is 3.02. The van der Waals surface area contributed by atoms with E-state index in [1.807, 2.05) is 0 Å². The molecule has 0 aliphatic heterocycles. The van der Waals surface area contributed by atoms with Crippen LogP contribution >= 0.6 is 15.9 Å². The highest BCUT2D eigenvalue weighted by Crippen LogP contribution is 2.05. The van der Waals surface area contributed by atoms with Gasteiger partial charge in [-0.15, -0.1) is 11.8 Å². The van der Waals surface area contributed by atoms with Crippen LogP contribution in [0.3, 0.4) is 0 Å². The van der Waals surface area contributed by atoms with Crippen LogP contribution in [0.25, 0.3) is 0 Å². The van der Waals surface area contributed by atoms with E-state index in [2.05, 4.69) is 27.8 Å². The molecule has 0 radical (unpaired) electrons. The third kappa shape index (κ3) is 16.0. The number of ether oxygens (including phenoxy) is 2. The largest absolute Gasteiger partial charge is 0.359 e. The van der Waals surface area contributed by atoms with Crippen LogP contribution in [0.15, 0.2) is 0 Å². The fourth-order valence-electron chi connectivity index (χ4n) is 1.57. The van der Waals surface area contributed by atoms with Gasteiger partial charge < -0.3 is 9.47 Å². The highest BCUT2D eigenvalue weighted by molar-refractivity contribution is 9.09. The molecule has 0 atom stereocenters. The maximum atomic E-state index is 5.23. The average molecular weight is 319 g/mol. The number of unbranched alkanes of at least 4 members (excludes halogenated alkanes) is 7. The Morgan fingerprint density at radius 1 is 0.833 bits per heavy atom. The molecule has 0 amide bonds. The first-order valence-electron chi connectivity index (χ1n) is 7.00. The molecule has 18 heavy (non-hydrogen) atoms. The number of hydrogen-bond donors (Lipinski definition) is 0. The normalized spacial score (nSPS) is 10.1. The molecular weight excluding hydrogens is 292 g/mol. The summed E-state index contributed by atoms with van der Waals surface area (Å²) in [4.78, 5) is 0. The summed E-state index contributed by atoms with van der Waals surface area (Å²) < 4.78 is 10.0. The van der Waals surface area contributed by atoms with Crippen molar-refractivity contribution in [3.8, 4) is 11.8 Å². The Bertz CT molecular complexity index is 208. The Morgan fingerprint density at radius 2 is 1.44 bits per heavy atom. The molecule has 0 spiro atoms. The fraction of sp³-hybridized carbons (Fsp3) is 0.867. The van der Waals surface area contributed by atoms with E-state index in [4.69, 9.17) is 9.47 Å².